The lowest BCUT2D eigenvalue weighted by Gasteiger charge is -2.08. The molecular weight excluding hydrogens is 265 g/mol. The van der Waals surface area contributed by atoms with E-state index in [1.165, 1.54) is 6.07 Å². The SMILES string of the molecule is CCCn1c(Cc2cccc(N)c2)nc2c(F)cccc21. The Hall–Kier alpha value is -2.36. The van der Waals surface area contributed by atoms with Crippen molar-refractivity contribution in [1.82, 2.24) is 9.55 Å². The highest BCUT2D eigenvalue weighted by molar-refractivity contribution is 5.76. The molecule has 108 valence electrons. The lowest BCUT2D eigenvalue weighted by molar-refractivity contribution is 0.637. The predicted octanol–water partition coefficient (Wildman–Crippen LogP) is 3.76. The zero-order valence-electron chi connectivity index (χ0n) is 12.0. The summed E-state index contributed by atoms with van der Waals surface area (Å²) in [6.45, 7) is 2.94. The molecule has 0 aliphatic heterocycles. The van der Waals surface area contributed by atoms with E-state index in [1.54, 1.807) is 6.07 Å². The molecule has 0 bridgehead atoms. The molecule has 0 aliphatic rings. The van der Waals surface area contributed by atoms with Crippen molar-refractivity contribution >= 4 is 16.7 Å². The van der Waals surface area contributed by atoms with E-state index in [-0.39, 0.29) is 5.82 Å². The molecular formula is C17H18FN3. The van der Waals surface area contributed by atoms with Crippen LogP contribution in [0.15, 0.2) is 42.5 Å². The second-order valence-corrected chi connectivity index (χ2v) is 5.21. The number of halogens is 1. The molecule has 0 aliphatic carbocycles. The summed E-state index contributed by atoms with van der Waals surface area (Å²) in [6.07, 6.45) is 1.63. The number of hydrogen-bond donors (Lipinski definition) is 1. The van der Waals surface area contributed by atoms with E-state index in [1.807, 2.05) is 30.3 Å². The number of benzene rings is 2. The van der Waals surface area contributed by atoms with Crippen molar-refractivity contribution in [3.05, 3.63) is 59.7 Å². The topological polar surface area (TPSA) is 43.8 Å². The maximum atomic E-state index is 13.9. The summed E-state index contributed by atoms with van der Waals surface area (Å²) in [5, 5.41) is 0. The Kier molecular flexibility index (Phi) is 3.60. The number of nitrogen functional groups attached to an aromatic ring is 1. The van der Waals surface area contributed by atoms with Crippen molar-refractivity contribution < 1.29 is 4.39 Å². The molecule has 0 radical (unpaired) electrons. The molecule has 0 saturated carbocycles. The highest BCUT2D eigenvalue weighted by atomic mass is 19.1. The average Bonchev–Trinajstić information content (AvgIpc) is 2.79. The van der Waals surface area contributed by atoms with E-state index in [0.29, 0.717) is 11.9 Å². The number of rotatable bonds is 4. The average molecular weight is 283 g/mol. The largest absolute Gasteiger partial charge is 0.399 e. The van der Waals surface area contributed by atoms with Crippen molar-refractivity contribution in [2.45, 2.75) is 26.3 Å². The van der Waals surface area contributed by atoms with Crippen molar-refractivity contribution in [2.75, 3.05) is 5.73 Å². The quantitative estimate of drug-likeness (QED) is 0.741. The third kappa shape index (κ3) is 2.61. The third-order valence-electron chi connectivity index (χ3n) is 3.57. The van der Waals surface area contributed by atoms with E-state index in [4.69, 9.17) is 5.73 Å². The smallest absolute Gasteiger partial charge is 0.151 e. The Morgan fingerprint density at radius 1 is 1.19 bits per heavy atom. The monoisotopic (exact) mass is 283 g/mol. The molecule has 0 amide bonds. The summed E-state index contributed by atoms with van der Waals surface area (Å²) < 4.78 is 16.0. The Morgan fingerprint density at radius 2 is 2.00 bits per heavy atom. The van der Waals surface area contributed by atoms with Crippen LogP contribution in [0.25, 0.3) is 11.0 Å². The summed E-state index contributed by atoms with van der Waals surface area (Å²) >= 11 is 0. The summed E-state index contributed by atoms with van der Waals surface area (Å²) in [5.74, 6) is 0.610. The molecule has 0 spiro atoms. The standard InChI is InChI=1S/C17H18FN3/c1-2-9-21-15-8-4-7-14(18)17(15)20-16(21)11-12-5-3-6-13(19)10-12/h3-8,10H,2,9,11,19H2,1H3. The first kappa shape index (κ1) is 13.6. The second kappa shape index (κ2) is 5.56. The minimum absolute atomic E-state index is 0.267. The van der Waals surface area contributed by atoms with Gasteiger partial charge in [0.05, 0.1) is 5.52 Å². The Labute approximate surface area is 123 Å². The maximum absolute atomic E-state index is 13.9. The van der Waals surface area contributed by atoms with Gasteiger partial charge in [0, 0.05) is 18.7 Å². The predicted molar refractivity (Wildman–Crippen MR) is 83.6 cm³/mol. The van der Waals surface area contributed by atoms with E-state index < -0.39 is 0 Å². The van der Waals surface area contributed by atoms with Crippen LogP contribution < -0.4 is 5.73 Å². The maximum Gasteiger partial charge on any atom is 0.151 e. The van der Waals surface area contributed by atoms with Crippen molar-refractivity contribution in [3.8, 4) is 0 Å². The molecule has 3 aromatic rings. The van der Waals surface area contributed by atoms with Crippen LogP contribution in [0.5, 0.6) is 0 Å². The van der Waals surface area contributed by atoms with Gasteiger partial charge in [-0.3, -0.25) is 0 Å². The van der Waals surface area contributed by atoms with Crippen LogP contribution in [0.3, 0.4) is 0 Å². The number of fused-ring (bicyclic) bond motifs is 1. The van der Waals surface area contributed by atoms with Gasteiger partial charge in [0.1, 0.15) is 11.3 Å². The molecule has 0 fully saturated rings. The molecule has 21 heavy (non-hydrogen) atoms. The van der Waals surface area contributed by atoms with Gasteiger partial charge in [-0.2, -0.15) is 0 Å². The summed E-state index contributed by atoms with van der Waals surface area (Å²) in [7, 11) is 0. The van der Waals surface area contributed by atoms with Crippen LogP contribution in [0, 0.1) is 5.82 Å². The zero-order chi connectivity index (χ0) is 14.8. The molecule has 1 aromatic heterocycles. The number of aryl methyl sites for hydroxylation is 1. The number of anilines is 1. The number of nitrogens with two attached hydrogens (primary N) is 1. The van der Waals surface area contributed by atoms with Crippen molar-refractivity contribution in [3.63, 3.8) is 0 Å². The normalized spacial score (nSPS) is 11.1. The molecule has 0 unspecified atom stereocenters. The lowest BCUT2D eigenvalue weighted by Crippen LogP contribution is -2.04. The fourth-order valence-corrected chi connectivity index (χ4v) is 2.65. The van der Waals surface area contributed by atoms with Gasteiger partial charge in [-0.15, -0.1) is 0 Å². The highest BCUT2D eigenvalue weighted by Gasteiger charge is 2.13. The first-order valence-electron chi connectivity index (χ1n) is 7.17. The van der Waals surface area contributed by atoms with Gasteiger partial charge in [-0.1, -0.05) is 25.1 Å². The fourth-order valence-electron chi connectivity index (χ4n) is 2.65. The van der Waals surface area contributed by atoms with Gasteiger partial charge in [0.2, 0.25) is 0 Å². The van der Waals surface area contributed by atoms with Crippen LogP contribution in [-0.2, 0) is 13.0 Å². The van der Waals surface area contributed by atoms with E-state index >= 15 is 0 Å². The van der Waals surface area contributed by atoms with Crippen LogP contribution in [0.4, 0.5) is 10.1 Å². The highest BCUT2D eigenvalue weighted by Crippen LogP contribution is 2.22. The summed E-state index contributed by atoms with van der Waals surface area (Å²) in [4.78, 5) is 4.50. The van der Waals surface area contributed by atoms with Gasteiger partial charge in [0.15, 0.2) is 5.82 Å². The van der Waals surface area contributed by atoms with Crippen LogP contribution >= 0.6 is 0 Å². The van der Waals surface area contributed by atoms with Crippen LogP contribution in [0.2, 0.25) is 0 Å². The Bertz CT molecular complexity index is 777. The Balaban J connectivity index is 2.08. The van der Waals surface area contributed by atoms with Crippen molar-refractivity contribution in [2.24, 2.45) is 0 Å². The van der Waals surface area contributed by atoms with Crippen molar-refractivity contribution in [1.29, 1.82) is 0 Å². The molecule has 3 rings (SSSR count). The molecule has 1 heterocycles. The first-order chi connectivity index (χ1) is 10.2. The second-order valence-electron chi connectivity index (χ2n) is 5.21. The molecule has 0 saturated heterocycles. The molecule has 2 aromatic carbocycles. The minimum Gasteiger partial charge on any atom is -0.399 e. The Morgan fingerprint density at radius 3 is 2.76 bits per heavy atom. The minimum atomic E-state index is -0.267. The summed E-state index contributed by atoms with van der Waals surface area (Å²) in [5.41, 5.74) is 8.95. The number of imidazole rings is 1. The molecule has 3 nitrogen and oxygen atoms in total. The molecule has 2 N–H and O–H groups in total. The molecule has 4 heteroatoms. The van der Waals surface area contributed by atoms with Gasteiger partial charge in [0.25, 0.3) is 0 Å². The lowest BCUT2D eigenvalue weighted by atomic mass is 10.1. The number of aromatic nitrogens is 2. The van der Waals surface area contributed by atoms with Crippen LogP contribution in [0.1, 0.15) is 24.7 Å². The fraction of sp³-hybridized carbons (Fsp3) is 0.235. The third-order valence-corrected chi connectivity index (χ3v) is 3.57. The summed E-state index contributed by atoms with van der Waals surface area (Å²) in [6, 6.07) is 12.8. The van der Waals surface area contributed by atoms with E-state index in [9.17, 15) is 4.39 Å². The number of nitrogens with zero attached hydrogens (tertiary/aromatic N) is 2. The van der Waals surface area contributed by atoms with Gasteiger partial charge < -0.3 is 10.3 Å². The van der Waals surface area contributed by atoms with E-state index in [0.717, 1.165) is 35.6 Å². The molecule has 0 atom stereocenters. The van der Waals surface area contributed by atoms with E-state index in [2.05, 4.69) is 16.5 Å². The number of hydrogen-bond acceptors (Lipinski definition) is 2. The van der Waals surface area contributed by atoms with Crippen LogP contribution in [-0.4, -0.2) is 9.55 Å². The number of para-hydroxylation sites is 1. The zero-order valence-corrected chi connectivity index (χ0v) is 12.0. The van der Waals surface area contributed by atoms with Gasteiger partial charge >= 0.3 is 0 Å². The van der Waals surface area contributed by atoms with Gasteiger partial charge in [-0.25, -0.2) is 9.37 Å². The van der Waals surface area contributed by atoms with Gasteiger partial charge in [-0.05, 0) is 36.2 Å². The first-order valence-corrected chi connectivity index (χ1v) is 7.17.